The molecule has 0 radical (unpaired) electrons. The summed E-state index contributed by atoms with van der Waals surface area (Å²) in [5.41, 5.74) is 0. The van der Waals surface area contributed by atoms with Crippen LogP contribution in [-0.2, 0) is 4.79 Å². The van der Waals surface area contributed by atoms with Crippen LogP contribution in [0.15, 0.2) is 24.3 Å². The first kappa shape index (κ1) is 15.5. The minimum absolute atomic E-state index is 0.227. The molecule has 23 heavy (non-hydrogen) atoms. The molecule has 0 aliphatic carbocycles. The Morgan fingerprint density at radius 2 is 2.17 bits per heavy atom. The third kappa shape index (κ3) is 3.37. The van der Waals surface area contributed by atoms with Crippen LogP contribution >= 0.6 is 11.5 Å². The van der Waals surface area contributed by atoms with Gasteiger partial charge in [-0.2, -0.15) is 4.37 Å². The van der Waals surface area contributed by atoms with E-state index in [1.807, 2.05) is 24.3 Å². The number of nitrogens with zero attached hydrogens (tertiary/aromatic N) is 2. The van der Waals surface area contributed by atoms with Crippen LogP contribution in [0.3, 0.4) is 0 Å². The highest BCUT2D eigenvalue weighted by Crippen LogP contribution is 2.25. The number of benzene rings is 1. The van der Waals surface area contributed by atoms with E-state index >= 15 is 0 Å². The number of nitrogens with one attached hydrogen (secondary N) is 2. The molecule has 1 aliphatic rings. The number of aromatic nitrogens is 1. The van der Waals surface area contributed by atoms with E-state index in [0.29, 0.717) is 26.1 Å². The third-order valence-corrected chi connectivity index (χ3v) is 4.72. The molecule has 2 heterocycles. The van der Waals surface area contributed by atoms with Crippen molar-refractivity contribution in [2.24, 2.45) is 0 Å². The van der Waals surface area contributed by atoms with Gasteiger partial charge >= 0.3 is 6.09 Å². The molecule has 1 unspecified atom stereocenters. The number of carbonyl (C=O) groups excluding carboxylic acids is 1. The third-order valence-electron chi connectivity index (χ3n) is 3.90. The van der Waals surface area contributed by atoms with E-state index in [1.165, 1.54) is 16.4 Å². The van der Waals surface area contributed by atoms with Crippen molar-refractivity contribution < 1.29 is 14.7 Å². The SMILES string of the molecule is O=C(NCCNc1nsc2ccccc12)C1CCCN1C(=O)O. The summed E-state index contributed by atoms with van der Waals surface area (Å²) >= 11 is 1.43. The number of amides is 2. The molecule has 2 amide bonds. The number of fused-ring (bicyclic) bond motifs is 1. The zero-order valence-corrected chi connectivity index (χ0v) is 13.3. The van der Waals surface area contributed by atoms with Gasteiger partial charge in [0, 0.05) is 25.0 Å². The quantitative estimate of drug-likeness (QED) is 0.727. The lowest BCUT2D eigenvalue weighted by Gasteiger charge is -2.20. The van der Waals surface area contributed by atoms with Crippen LogP contribution in [0.1, 0.15) is 12.8 Å². The molecule has 0 bridgehead atoms. The van der Waals surface area contributed by atoms with Crippen molar-refractivity contribution in [1.82, 2.24) is 14.6 Å². The van der Waals surface area contributed by atoms with E-state index in [2.05, 4.69) is 15.0 Å². The second-order valence-electron chi connectivity index (χ2n) is 5.38. The normalized spacial score (nSPS) is 17.4. The Balaban J connectivity index is 1.48. The average Bonchev–Trinajstić information content (AvgIpc) is 3.18. The van der Waals surface area contributed by atoms with Gasteiger partial charge in [0.25, 0.3) is 0 Å². The Kier molecular flexibility index (Phi) is 4.61. The number of hydrogen-bond acceptors (Lipinski definition) is 5. The predicted molar refractivity (Wildman–Crippen MR) is 88.9 cm³/mol. The van der Waals surface area contributed by atoms with Crippen molar-refractivity contribution in [1.29, 1.82) is 0 Å². The van der Waals surface area contributed by atoms with Crippen LogP contribution in [0.2, 0.25) is 0 Å². The molecule has 1 aromatic heterocycles. The molecule has 1 saturated heterocycles. The molecule has 2 aromatic rings. The first-order valence-corrected chi connectivity index (χ1v) is 8.29. The Hall–Kier alpha value is -2.35. The predicted octanol–water partition coefficient (Wildman–Crippen LogP) is 1.97. The number of hydrogen-bond donors (Lipinski definition) is 3. The van der Waals surface area contributed by atoms with Crippen molar-refractivity contribution in [3.63, 3.8) is 0 Å². The minimum atomic E-state index is -1.03. The van der Waals surface area contributed by atoms with Crippen LogP contribution in [0.25, 0.3) is 10.1 Å². The van der Waals surface area contributed by atoms with Gasteiger partial charge in [-0.05, 0) is 36.5 Å². The molecule has 1 atom stereocenters. The van der Waals surface area contributed by atoms with Gasteiger partial charge in [-0.1, -0.05) is 12.1 Å². The average molecular weight is 334 g/mol. The highest BCUT2D eigenvalue weighted by Gasteiger charge is 2.33. The van der Waals surface area contributed by atoms with Crippen LogP contribution in [0, 0.1) is 0 Å². The highest BCUT2D eigenvalue weighted by molar-refractivity contribution is 7.13. The Morgan fingerprint density at radius 3 is 3.00 bits per heavy atom. The molecular weight excluding hydrogens is 316 g/mol. The molecule has 0 spiro atoms. The molecule has 7 nitrogen and oxygen atoms in total. The van der Waals surface area contributed by atoms with Gasteiger partial charge < -0.3 is 15.7 Å². The lowest BCUT2D eigenvalue weighted by molar-refractivity contribution is -0.124. The fraction of sp³-hybridized carbons (Fsp3) is 0.400. The van der Waals surface area contributed by atoms with Crippen LogP contribution < -0.4 is 10.6 Å². The van der Waals surface area contributed by atoms with Gasteiger partial charge in [-0.3, -0.25) is 9.69 Å². The number of carbonyl (C=O) groups is 2. The first-order chi connectivity index (χ1) is 11.2. The Bertz CT molecular complexity index is 718. The largest absolute Gasteiger partial charge is 0.465 e. The molecule has 3 N–H and O–H groups in total. The summed E-state index contributed by atoms with van der Waals surface area (Å²) < 4.78 is 5.47. The topological polar surface area (TPSA) is 94.6 Å². The van der Waals surface area contributed by atoms with Crippen LogP contribution in [-0.4, -0.2) is 52.1 Å². The van der Waals surface area contributed by atoms with Gasteiger partial charge in [0.2, 0.25) is 5.91 Å². The lowest BCUT2D eigenvalue weighted by atomic mass is 10.2. The van der Waals surface area contributed by atoms with Gasteiger partial charge in [0.1, 0.15) is 11.9 Å². The van der Waals surface area contributed by atoms with E-state index in [9.17, 15) is 9.59 Å². The lowest BCUT2D eigenvalue weighted by Crippen LogP contribution is -2.46. The summed E-state index contributed by atoms with van der Waals surface area (Å²) in [7, 11) is 0. The van der Waals surface area contributed by atoms with Gasteiger partial charge in [0.05, 0.1) is 4.70 Å². The number of anilines is 1. The summed E-state index contributed by atoms with van der Waals surface area (Å²) in [5.74, 6) is 0.586. The molecule has 122 valence electrons. The van der Waals surface area contributed by atoms with Crippen molar-refractivity contribution in [2.45, 2.75) is 18.9 Å². The van der Waals surface area contributed by atoms with Crippen molar-refractivity contribution in [3.05, 3.63) is 24.3 Å². The zero-order valence-electron chi connectivity index (χ0n) is 12.5. The number of carboxylic acid groups (broad SMARTS) is 1. The molecule has 1 fully saturated rings. The molecule has 0 saturated carbocycles. The first-order valence-electron chi connectivity index (χ1n) is 7.52. The molecule has 3 rings (SSSR count). The van der Waals surface area contributed by atoms with E-state index in [1.54, 1.807) is 0 Å². The molecule has 8 heteroatoms. The monoisotopic (exact) mass is 334 g/mol. The van der Waals surface area contributed by atoms with Gasteiger partial charge in [-0.15, -0.1) is 0 Å². The van der Waals surface area contributed by atoms with Gasteiger partial charge in [0.15, 0.2) is 0 Å². The maximum Gasteiger partial charge on any atom is 0.407 e. The number of rotatable bonds is 5. The minimum Gasteiger partial charge on any atom is -0.465 e. The number of likely N-dealkylation sites (tertiary alicyclic amines) is 1. The second-order valence-corrected chi connectivity index (χ2v) is 6.18. The van der Waals surface area contributed by atoms with Crippen molar-refractivity contribution in [2.75, 3.05) is 25.0 Å². The standard InChI is InChI=1S/C15H18N4O3S/c20-14(11-5-3-9-19(11)15(21)22)17-8-7-16-13-10-4-1-2-6-12(10)23-18-13/h1-2,4,6,11H,3,5,7-9H2,(H,16,18)(H,17,20)(H,21,22). The fourth-order valence-corrected chi connectivity index (χ4v) is 3.52. The van der Waals surface area contributed by atoms with Crippen molar-refractivity contribution in [3.8, 4) is 0 Å². The van der Waals surface area contributed by atoms with Crippen molar-refractivity contribution >= 4 is 39.4 Å². The maximum atomic E-state index is 12.1. The zero-order chi connectivity index (χ0) is 16.2. The summed E-state index contributed by atoms with van der Waals surface area (Å²) in [6.07, 6.45) is 0.283. The van der Waals surface area contributed by atoms with E-state index in [-0.39, 0.29) is 5.91 Å². The Morgan fingerprint density at radius 1 is 1.35 bits per heavy atom. The van der Waals surface area contributed by atoms with E-state index in [0.717, 1.165) is 22.3 Å². The molecule has 1 aliphatic heterocycles. The summed E-state index contributed by atoms with van der Waals surface area (Å²) in [6, 6.07) is 7.39. The van der Waals surface area contributed by atoms with E-state index < -0.39 is 12.1 Å². The molecule has 1 aromatic carbocycles. The van der Waals surface area contributed by atoms with E-state index in [4.69, 9.17) is 5.11 Å². The highest BCUT2D eigenvalue weighted by atomic mass is 32.1. The van der Waals surface area contributed by atoms with Crippen LogP contribution in [0.4, 0.5) is 10.6 Å². The smallest absolute Gasteiger partial charge is 0.407 e. The van der Waals surface area contributed by atoms with Gasteiger partial charge in [-0.25, -0.2) is 4.79 Å². The summed E-state index contributed by atoms with van der Waals surface area (Å²) in [5, 5.41) is 16.1. The second kappa shape index (κ2) is 6.82. The maximum absolute atomic E-state index is 12.1. The summed E-state index contributed by atoms with van der Waals surface area (Å²) in [4.78, 5) is 24.3. The fourth-order valence-electron chi connectivity index (χ4n) is 2.77. The van der Waals surface area contributed by atoms with Crippen LogP contribution in [0.5, 0.6) is 0 Å². The molecular formula is C15H18N4O3S. The Labute approximate surface area is 137 Å². The summed E-state index contributed by atoms with van der Waals surface area (Å²) in [6.45, 7) is 1.39.